The van der Waals surface area contributed by atoms with Crippen molar-refractivity contribution in [2.24, 2.45) is 0 Å². The van der Waals surface area contributed by atoms with Gasteiger partial charge in [-0.3, -0.25) is 9.59 Å². The van der Waals surface area contributed by atoms with E-state index in [-0.39, 0.29) is 32.0 Å². The fraction of sp³-hybridized carbons (Fsp3) is 0.854. The number of unbranched alkanes of at least 4 members (excludes halogenated alkanes) is 18. The molecule has 0 saturated carbocycles. The fourth-order valence-corrected chi connectivity index (χ4v) is 5.97. The molecule has 0 bridgehead atoms. The van der Waals surface area contributed by atoms with Crippen molar-refractivity contribution in [3.05, 3.63) is 24.3 Å². The summed E-state index contributed by atoms with van der Waals surface area (Å²) in [5, 5.41) is 39.9. The van der Waals surface area contributed by atoms with E-state index in [1.807, 2.05) is 0 Å². The van der Waals surface area contributed by atoms with Crippen LogP contribution in [0.15, 0.2) is 24.3 Å². The highest BCUT2D eigenvalue weighted by Gasteiger charge is 2.44. The number of carbonyl (C=O) groups is 2. The summed E-state index contributed by atoms with van der Waals surface area (Å²) in [6, 6.07) is 0. The van der Waals surface area contributed by atoms with Crippen LogP contribution in [0.2, 0.25) is 0 Å². The highest BCUT2D eigenvalue weighted by Crippen LogP contribution is 2.22. The van der Waals surface area contributed by atoms with Gasteiger partial charge in [-0.25, -0.2) is 0 Å². The van der Waals surface area contributed by atoms with Gasteiger partial charge in [-0.1, -0.05) is 128 Å². The van der Waals surface area contributed by atoms with Gasteiger partial charge in [0, 0.05) is 12.8 Å². The summed E-state index contributed by atoms with van der Waals surface area (Å²) in [5.74, 6) is -0.820. The molecule has 0 aromatic rings. The van der Waals surface area contributed by atoms with Gasteiger partial charge in [0.2, 0.25) is 0 Å². The van der Waals surface area contributed by atoms with Gasteiger partial charge in [-0.15, -0.1) is 0 Å². The molecule has 51 heavy (non-hydrogen) atoms. The van der Waals surface area contributed by atoms with Gasteiger partial charge in [0.25, 0.3) is 0 Å². The minimum atomic E-state index is -1.59. The van der Waals surface area contributed by atoms with E-state index in [9.17, 15) is 30.0 Å². The lowest BCUT2D eigenvalue weighted by Gasteiger charge is -2.39. The molecule has 298 valence electrons. The predicted octanol–water partition coefficient (Wildman–Crippen LogP) is 7.77. The van der Waals surface area contributed by atoms with Crippen LogP contribution in [-0.4, -0.2) is 89.0 Å². The van der Waals surface area contributed by atoms with Crippen molar-refractivity contribution in [3.63, 3.8) is 0 Å². The lowest BCUT2D eigenvalue weighted by Crippen LogP contribution is -2.59. The Morgan fingerprint density at radius 3 is 1.53 bits per heavy atom. The maximum Gasteiger partial charge on any atom is 0.306 e. The van der Waals surface area contributed by atoms with Gasteiger partial charge in [0.15, 0.2) is 12.4 Å². The number of aliphatic hydroxyl groups excluding tert-OH is 4. The van der Waals surface area contributed by atoms with Crippen LogP contribution in [0.4, 0.5) is 0 Å². The maximum absolute atomic E-state index is 12.7. The predicted molar refractivity (Wildman–Crippen MR) is 201 cm³/mol. The Labute approximate surface area is 309 Å². The average Bonchev–Trinajstić information content (AvgIpc) is 3.13. The summed E-state index contributed by atoms with van der Waals surface area (Å²) in [7, 11) is 0. The Balaban J connectivity index is 2.36. The SMILES string of the molecule is CCCC/C=C/CCCCCCCCCCCC(=O)OC[C@@H](CO[C@H]1O[C@@H](CO)[C@@H](O)C(O)C1O)OC(=O)CCCCCCC/C=C/CCCC. The first kappa shape index (κ1) is 47.2. The Morgan fingerprint density at radius 1 is 0.588 bits per heavy atom. The molecular formula is C41H74O10. The van der Waals surface area contributed by atoms with Gasteiger partial charge < -0.3 is 39.4 Å². The summed E-state index contributed by atoms with van der Waals surface area (Å²) >= 11 is 0. The summed E-state index contributed by atoms with van der Waals surface area (Å²) in [5.41, 5.74) is 0. The first-order chi connectivity index (χ1) is 24.8. The van der Waals surface area contributed by atoms with Crippen LogP contribution < -0.4 is 0 Å². The third-order valence-electron chi connectivity index (χ3n) is 9.31. The Morgan fingerprint density at radius 2 is 1.04 bits per heavy atom. The zero-order valence-corrected chi connectivity index (χ0v) is 32.1. The van der Waals surface area contributed by atoms with Gasteiger partial charge >= 0.3 is 11.9 Å². The molecule has 1 aliphatic rings. The quantitative estimate of drug-likeness (QED) is 0.0300. The first-order valence-corrected chi connectivity index (χ1v) is 20.4. The Hall–Kier alpha value is -1.82. The van der Waals surface area contributed by atoms with Crippen molar-refractivity contribution >= 4 is 11.9 Å². The van der Waals surface area contributed by atoms with Crippen molar-refractivity contribution in [1.29, 1.82) is 0 Å². The first-order valence-electron chi connectivity index (χ1n) is 20.4. The highest BCUT2D eigenvalue weighted by atomic mass is 16.7. The molecule has 0 aromatic carbocycles. The van der Waals surface area contributed by atoms with Crippen molar-refractivity contribution in [3.8, 4) is 0 Å². The molecule has 0 spiro atoms. The minimum Gasteiger partial charge on any atom is -0.462 e. The van der Waals surface area contributed by atoms with E-state index in [1.54, 1.807) is 0 Å². The fourth-order valence-electron chi connectivity index (χ4n) is 5.97. The van der Waals surface area contributed by atoms with Crippen molar-refractivity contribution in [1.82, 2.24) is 0 Å². The summed E-state index contributed by atoms with van der Waals surface area (Å²) in [6.07, 6.45) is 26.2. The normalized spacial score (nSPS) is 21.4. The second-order valence-corrected chi connectivity index (χ2v) is 14.1. The van der Waals surface area contributed by atoms with E-state index in [0.717, 1.165) is 64.2 Å². The molecule has 1 rings (SSSR count). The highest BCUT2D eigenvalue weighted by molar-refractivity contribution is 5.70. The van der Waals surface area contributed by atoms with E-state index >= 15 is 0 Å². The molecule has 10 heteroatoms. The minimum absolute atomic E-state index is 0.220. The number of allylic oxidation sites excluding steroid dienone is 4. The van der Waals surface area contributed by atoms with Crippen LogP contribution in [0, 0.1) is 0 Å². The van der Waals surface area contributed by atoms with Gasteiger partial charge in [0.05, 0.1) is 13.2 Å². The Bertz CT molecular complexity index is 892. The van der Waals surface area contributed by atoms with E-state index in [1.165, 1.54) is 70.6 Å². The van der Waals surface area contributed by atoms with E-state index in [2.05, 4.69) is 38.2 Å². The molecular weight excluding hydrogens is 652 g/mol. The molecule has 6 atom stereocenters. The molecule has 0 amide bonds. The molecule has 1 saturated heterocycles. The standard InChI is InChI=1S/C41H74O10/c1-3-5-7-9-11-13-15-16-17-18-20-21-23-25-27-29-36(43)48-32-34(33-49-41-40(47)39(46)38(45)35(31-42)51-41)50-37(44)30-28-26-24-22-19-14-12-10-8-6-4-2/h9-12,34-35,38-42,45-47H,3-8,13-33H2,1-2H3/b11-9+,12-10+/t34-,35-,38+,39?,40?,41-/m0/s1. The van der Waals surface area contributed by atoms with E-state index in [4.69, 9.17) is 18.9 Å². The lowest BCUT2D eigenvalue weighted by molar-refractivity contribution is -0.305. The smallest absolute Gasteiger partial charge is 0.306 e. The summed E-state index contributed by atoms with van der Waals surface area (Å²) in [4.78, 5) is 25.2. The zero-order valence-electron chi connectivity index (χ0n) is 32.1. The van der Waals surface area contributed by atoms with Gasteiger partial charge in [-0.05, 0) is 51.4 Å². The topological polar surface area (TPSA) is 152 Å². The van der Waals surface area contributed by atoms with Crippen LogP contribution in [0.5, 0.6) is 0 Å². The molecule has 4 N–H and O–H groups in total. The number of carbonyl (C=O) groups excluding carboxylic acids is 2. The van der Waals surface area contributed by atoms with Gasteiger partial charge in [-0.2, -0.15) is 0 Å². The van der Waals surface area contributed by atoms with Gasteiger partial charge in [0.1, 0.15) is 31.0 Å². The zero-order chi connectivity index (χ0) is 37.4. The van der Waals surface area contributed by atoms with Crippen molar-refractivity contribution < 1.29 is 49.0 Å². The Kier molecular flexibility index (Phi) is 30.4. The van der Waals surface area contributed by atoms with Crippen LogP contribution in [0.1, 0.15) is 168 Å². The maximum atomic E-state index is 12.7. The molecule has 0 radical (unpaired) electrons. The summed E-state index contributed by atoms with van der Waals surface area (Å²) < 4.78 is 22.1. The van der Waals surface area contributed by atoms with Crippen LogP contribution in [-0.2, 0) is 28.5 Å². The number of esters is 2. The third kappa shape index (κ3) is 24.9. The largest absolute Gasteiger partial charge is 0.462 e. The molecule has 1 aliphatic heterocycles. The third-order valence-corrected chi connectivity index (χ3v) is 9.31. The van der Waals surface area contributed by atoms with E-state index < -0.39 is 49.4 Å². The van der Waals surface area contributed by atoms with E-state index in [0.29, 0.717) is 6.42 Å². The average molecular weight is 727 g/mol. The monoisotopic (exact) mass is 727 g/mol. The molecule has 0 aromatic heterocycles. The second kappa shape index (κ2) is 32.8. The summed E-state index contributed by atoms with van der Waals surface area (Å²) in [6.45, 7) is 3.33. The number of hydrogen-bond donors (Lipinski definition) is 4. The molecule has 1 heterocycles. The van der Waals surface area contributed by atoms with Crippen molar-refractivity contribution in [2.75, 3.05) is 19.8 Å². The number of aliphatic hydroxyl groups is 4. The number of ether oxygens (including phenoxy) is 4. The molecule has 1 fully saturated rings. The van der Waals surface area contributed by atoms with Crippen molar-refractivity contribution in [2.45, 2.75) is 205 Å². The second-order valence-electron chi connectivity index (χ2n) is 14.1. The van der Waals surface area contributed by atoms with Crippen LogP contribution in [0.25, 0.3) is 0 Å². The molecule has 10 nitrogen and oxygen atoms in total. The lowest BCUT2D eigenvalue weighted by atomic mass is 9.99. The van der Waals surface area contributed by atoms with Crippen LogP contribution in [0.3, 0.4) is 0 Å². The number of hydrogen-bond acceptors (Lipinski definition) is 10. The molecule has 0 aliphatic carbocycles. The van der Waals surface area contributed by atoms with Crippen LogP contribution >= 0.6 is 0 Å². The molecule has 2 unspecified atom stereocenters. The number of rotatable bonds is 33.